The lowest BCUT2D eigenvalue weighted by molar-refractivity contribution is 0.190. The monoisotopic (exact) mass is 562 g/mol. The first kappa shape index (κ1) is 25.3. The van der Waals surface area contributed by atoms with Crippen molar-refractivity contribution in [2.45, 2.75) is 38.6 Å². The maximum atomic E-state index is 6.28. The third kappa shape index (κ3) is 6.89. The van der Waals surface area contributed by atoms with Crippen molar-refractivity contribution in [3.05, 3.63) is 91.9 Å². The van der Waals surface area contributed by atoms with Crippen molar-refractivity contribution < 1.29 is 9.47 Å². The summed E-state index contributed by atoms with van der Waals surface area (Å²) in [6, 6.07) is 20.7. The van der Waals surface area contributed by atoms with E-state index in [2.05, 4.69) is 62.5 Å². The minimum absolute atomic E-state index is 0.324. The Morgan fingerprint density at radius 3 is 2.47 bits per heavy atom. The van der Waals surface area contributed by atoms with Gasteiger partial charge in [-0.2, -0.15) is 0 Å². The van der Waals surface area contributed by atoms with Gasteiger partial charge in [0.15, 0.2) is 11.5 Å². The van der Waals surface area contributed by atoms with Gasteiger partial charge in [0, 0.05) is 34.7 Å². The van der Waals surface area contributed by atoms with Crippen LogP contribution in [0.25, 0.3) is 0 Å². The van der Waals surface area contributed by atoms with Crippen LogP contribution in [0.2, 0.25) is 10.0 Å². The van der Waals surface area contributed by atoms with Crippen LogP contribution in [-0.2, 0) is 19.7 Å². The highest BCUT2D eigenvalue weighted by molar-refractivity contribution is 9.10. The molecule has 0 saturated carbocycles. The van der Waals surface area contributed by atoms with Gasteiger partial charge in [0.05, 0.1) is 11.6 Å². The van der Waals surface area contributed by atoms with Gasteiger partial charge in [-0.05, 0) is 77.3 Å². The van der Waals surface area contributed by atoms with E-state index >= 15 is 0 Å². The summed E-state index contributed by atoms with van der Waals surface area (Å²) in [5.41, 5.74) is 3.39. The van der Waals surface area contributed by atoms with E-state index in [0.29, 0.717) is 34.2 Å². The largest absolute Gasteiger partial charge is 0.493 e. The Balaban J connectivity index is 1.30. The third-order valence-electron chi connectivity index (χ3n) is 6.11. The van der Waals surface area contributed by atoms with Gasteiger partial charge in [0.1, 0.15) is 6.61 Å². The van der Waals surface area contributed by atoms with Crippen molar-refractivity contribution in [1.29, 1.82) is 0 Å². The lowest BCUT2D eigenvalue weighted by Gasteiger charge is -2.32. The standard InChI is InChI=1S/C27H29BrCl2N2O2/c1-33-26-14-20(13-24(28)27(26)34-18-21-7-8-22(29)15-25(21)30)16-31-23-9-11-32(12-10-23)17-19-5-3-2-4-6-19/h2-8,13-15,23,31H,9-12,16-18H2,1H3. The molecule has 3 aromatic carbocycles. The average molecular weight is 564 g/mol. The summed E-state index contributed by atoms with van der Waals surface area (Å²) in [6.07, 6.45) is 2.29. The fourth-order valence-corrected chi connectivity index (χ4v) is 5.27. The summed E-state index contributed by atoms with van der Waals surface area (Å²) in [7, 11) is 1.66. The molecule has 3 aromatic rings. The second-order valence-electron chi connectivity index (χ2n) is 8.55. The Bertz CT molecular complexity index is 1090. The van der Waals surface area contributed by atoms with Crippen LogP contribution in [0.4, 0.5) is 0 Å². The molecule has 1 N–H and O–H groups in total. The first-order valence-electron chi connectivity index (χ1n) is 11.4. The zero-order chi connectivity index (χ0) is 23.9. The van der Waals surface area contributed by atoms with E-state index in [9.17, 15) is 0 Å². The Labute approximate surface area is 220 Å². The van der Waals surface area contributed by atoms with Gasteiger partial charge >= 0.3 is 0 Å². The molecule has 4 nitrogen and oxygen atoms in total. The highest BCUT2D eigenvalue weighted by Gasteiger charge is 2.19. The smallest absolute Gasteiger partial charge is 0.175 e. The maximum absolute atomic E-state index is 6.28. The van der Waals surface area contributed by atoms with Crippen LogP contribution < -0.4 is 14.8 Å². The molecular formula is C27H29BrCl2N2O2. The number of benzene rings is 3. The number of nitrogens with one attached hydrogen (secondary N) is 1. The number of hydrogen-bond donors (Lipinski definition) is 1. The average Bonchev–Trinajstić information content (AvgIpc) is 2.84. The summed E-state index contributed by atoms with van der Waals surface area (Å²) >= 11 is 15.9. The molecule has 0 unspecified atom stereocenters. The summed E-state index contributed by atoms with van der Waals surface area (Å²) in [6.45, 7) is 4.35. The van der Waals surface area contributed by atoms with Gasteiger partial charge in [0.25, 0.3) is 0 Å². The molecule has 180 valence electrons. The van der Waals surface area contributed by atoms with E-state index in [1.54, 1.807) is 19.2 Å². The Hall–Kier alpha value is -1.76. The SMILES string of the molecule is COc1cc(CNC2CCN(Cc3ccccc3)CC2)cc(Br)c1OCc1ccc(Cl)cc1Cl. The van der Waals surface area contributed by atoms with Crippen LogP contribution in [-0.4, -0.2) is 31.1 Å². The zero-order valence-corrected chi connectivity index (χ0v) is 22.3. The normalized spacial score (nSPS) is 14.8. The molecule has 0 atom stereocenters. The molecule has 1 aliphatic heterocycles. The molecule has 4 rings (SSSR count). The zero-order valence-electron chi connectivity index (χ0n) is 19.2. The van der Waals surface area contributed by atoms with Gasteiger partial charge in [-0.25, -0.2) is 0 Å². The van der Waals surface area contributed by atoms with Crippen LogP contribution in [0.1, 0.15) is 29.5 Å². The molecule has 0 amide bonds. The predicted molar refractivity (Wildman–Crippen MR) is 143 cm³/mol. The first-order chi connectivity index (χ1) is 16.5. The topological polar surface area (TPSA) is 33.7 Å². The van der Waals surface area contributed by atoms with Crippen molar-refractivity contribution in [2.75, 3.05) is 20.2 Å². The molecule has 7 heteroatoms. The summed E-state index contributed by atoms with van der Waals surface area (Å²) in [5, 5.41) is 4.90. The number of likely N-dealkylation sites (tertiary alicyclic amines) is 1. The summed E-state index contributed by atoms with van der Waals surface area (Å²) in [4.78, 5) is 2.53. The summed E-state index contributed by atoms with van der Waals surface area (Å²) < 4.78 is 12.5. The lowest BCUT2D eigenvalue weighted by Crippen LogP contribution is -2.41. The highest BCUT2D eigenvalue weighted by atomic mass is 79.9. The predicted octanol–water partition coefficient (Wildman–Crippen LogP) is 7.10. The Morgan fingerprint density at radius 1 is 1.00 bits per heavy atom. The van der Waals surface area contributed by atoms with Crippen LogP contribution in [0.5, 0.6) is 11.5 Å². The molecule has 0 aliphatic carbocycles. The maximum Gasteiger partial charge on any atom is 0.175 e. The lowest BCUT2D eigenvalue weighted by atomic mass is 10.0. The third-order valence-corrected chi connectivity index (χ3v) is 7.28. The van der Waals surface area contributed by atoms with Crippen molar-refractivity contribution in [3.8, 4) is 11.5 Å². The van der Waals surface area contributed by atoms with E-state index in [0.717, 1.165) is 54.6 Å². The van der Waals surface area contributed by atoms with Crippen molar-refractivity contribution >= 4 is 39.1 Å². The van der Waals surface area contributed by atoms with Gasteiger partial charge in [-0.1, -0.05) is 59.6 Å². The minimum atomic E-state index is 0.324. The van der Waals surface area contributed by atoms with E-state index in [4.69, 9.17) is 32.7 Å². The number of methoxy groups -OCH3 is 1. The molecule has 1 aliphatic rings. The molecule has 1 fully saturated rings. The van der Waals surface area contributed by atoms with Crippen molar-refractivity contribution in [3.63, 3.8) is 0 Å². The van der Waals surface area contributed by atoms with Gasteiger partial charge < -0.3 is 14.8 Å². The van der Waals surface area contributed by atoms with E-state index in [-0.39, 0.29) is 0 Å². The molecule has 0 radical (unpaired) electrons. The number of halogens is 3. The highest BCUT2D eigenvalue weighted by Crippen LogP contribution is 2.37. The van der Waals surface area contributed by atoms with E-state index in [1.165, 1.54) is 5.56 Å². The second kappa shape index (κ2) is 12.3. The molecule has 0 spiro atoms. The second-order valence-corrected chi connectivity index (χ2v) is 10.2. The van der Waals surface area contributed by atoms with Crippen LogP contribution in [0.15, 0.2) is 65.1 Å². The number of ether oxygens (including phenoxy) is 2. The fraction of sp³-hybridized carbons (Fsp3) is 0.333. The summed E-state index contributed by atoms with van der Waals surface area (Å²) in [5.74, 6) is 1.35. The van der Waals surface area contributed by atoms with Crippen molar-refractivity contribution in [2.24, 2.45) is 0 Å². The quantitative estimate of drug-likeness (QED) is 0.301. The Kier molecular flexibility index (Phi) is 9.15. The number of piperidine rings is 1. The van der Waals surface area contributed by atoms with Gasteiger partial charge in [-0.15, -0.1) is 0 Å². The number of nitrogens with zero attached hydrogens (tertiary/aromatic N) is 1. The van der Waals surface area contributed by atoms with Crippen LogP contribution >= 0.6 is 39.1 Å². The first-order valence-corrected chi connectivity index (χ1v) is 13.0. The van der Waals surface area contributed by atoms with Gasteiger partial charge in [0.2, 0.25) is 0 Å². The Morgan fingerprint density at radius 2 is 1.76 bits per heavy atom. The minimum Gasteiger partial charge on any atom is -0.493 e. The molecule has 1 saturated heterocycles. The number of rotatable bonds is 9. The molecule has 1 heterocycles. The molecule has 0 bridgehead atoms. The van der Waals surface area contributed by atoms with E-state index < -0.39 is 0 Å². The molecule has 34 heavy (non-hydrogen) atoms. The van der Waals surface area contributed by atoms with Crippen molar-refractivity contribution in [1.82, 2.24) is 10.2 Å². The molecule has 0 aromatic heterocycles. The van der Waals surface area contributed by atoms with E-state index in [1.807, 2.05) is 12.1 Å². The van der Waals surface area contributed by atoms with Crippen LogP contribution in [0.3, 0.4) is 0 Å². The van der Waals surface area contributed by atoms with Gasteiger partial charge in [-0.3, -0.25) is 4.90 Å². The molecular weight excluding hydrogens is 535 g/mol. The number of hydrogen-bond acceptors (Lipinski definition) is 4. The fourth-order valence-electron chi connectivity index (χ4n) is 4.20. The van der Waals surface area contributed by atoms with Crippen LogP contribution in [0, 0.1) is 0 Å².